The van der Waals surface area contributed by atoms with Crippen molar-refractivity contribution in [3.63, 3.8) is 0 Å². The van der Waals surface area contributed by atoms with Gasteiger partial charge in [-0.2, -0.15) is 0 Å². The minimum Gasteiger partial charge on any atom is -0.399 e. The van der Waals surface area contributed by atoms with E-state index >= 15 is 0 Å². The molecular weight excluding hydrogens is 304 g/mol. The van der Waals surface area contributed by atoms with Crippen molar-refractivity contribution in [3.8, 4) is 0 Å². The zero-order valence-corrected chi connectivity index (χ0v) is 14.3. The maximum absolute atomic E-state index is 5.36. The summed E-state index contributed by atoms with van der Waals surface area (Å²) in [5.41, 5.74) is 4.15. The van der Waals surface area contributed by atoms with Gasteiger partial charge in [0.15, 0.2) is 0 Å². The summed E-state index contributed by atoms with van der Waals surface area (Å²) in [6, 6.07) is 11.6. The molecule has 2 aromatic rings. The molecule has 2 aromatic heterocycles. The van der Waals surface area contributed by atoms with E-state index in [-0.39, 0.29) is 0 Å². The fraction of sp³-hybridized carbons (Fsp3) is 0.333. The van der Waals surface area contributed by atoms with E-state index in [2.05, 4.69) is 20.3 Å². The summed E-state index contributed by atoms with van der Waals surface area (Å²) in [6.07, 6.45) is 3.38. The number of hydrogen-bond donors (Lipinski definition) is 0. The molecule has 0 aliphatic heterocycles. The fourth-order valence-corrected chi connectivity index (χ4v) is 2.09. The summed E-state index contributed by atoms with van der Waals surface area (Å²) in [6.45, 7) is 4.28. The van der Waals surface area contributed by atoms with Gasteiger partial charge < -0.3 is 9.68 Å². The highest BCUT2D eigenvalue weighted by Gasteiger charge is 2.02. The standard InChI is InChI=1S/C18H22N4O2/c1-14(17-10-4-5-12-19-17)22-24-13-7-9-16-8-6-11-18(20-16)15(2)21-23-3/h4-6,8,10-12H,7,9,13H2,1-3H3. The first kappa shape index (κ1) is 17.6. The van der Waals surface area contributed by atoms with Gasteiger partial charge >= 0.3 is 0 Å². The zero-order chi connectivity index (χ0) is 17.2. The number of rotatable bonds is 8. The third kappa shape index (κ3) is 5.46. The minimum absolute atomic E-state index is 0.529. The summed E-state index contributed by atoms with van der Waals surface area (Å²) in [5, 5.41) is 7.99. The van der Waals surface area contributed by atoms with Crippen molar-refractivity contribution in [2.45, 2.75) is 26.7 Å². The van der Waals surface area contributed by atoms with Crippen LogP contribution in [0.25, 0.3) is 0 Å². The van der Waals surface area contributed by atoms with Crippen LogP contribution in [0, 0.1) is 0 Å². The van der Waals surface area contributed by atoms with Gasteiger partial charge in [-0.3, -0.25) is 9.97 Å². The van der Waals surface area contributed by atoms with Crippen LogP contribution in [0.3, 0.4) is 0 Å². The van der Waals surface area contributed by atoms with Crippen LogP contribution in [-0.4, -0.2) is 35.1 Å². The summed E-state index contributed by atoms with van der Waals surface area (Å²) >= 11 is 0. The molecule has 0 fully saturated rings. The molecule has 0 aliphatic carbocycles. The lowest BCUT2D eigenvalue weighted by molar-refractivity contribution is 0.141. The Labute approximate surface area is 142 Å². The summed E-state index contributed by atoms with van der Waals surface area (Å²) in [5.74, 6) is 0. The highest BCUT2D eigenvalue weighted by Crippen LogP contribution is 2.05. The Morgan fingerprint density at radius 3 is 2.54 bits per heavy atom. The molecule has 0 aliphatic rings. The van der Waals surface area contributed by atoms with E-state index in [1.807, 2.05) is 50.2 Å². The zero-order valence-electron chi connectivity index (χ0n) is 14.3. The van der Waals surface area contributed by atoms with Crippen LogP contribution in [0.4, 0.5) is 0 Å². The highest BCUT2D eigenvalue weighted by atomic mass is 16.6. The second-order valence-electron chi connectivity index (χ2n) is 5.20. The fourth-order valence-electron chi connectivity index (χ4n) is 2.09. The van der Waals surface area contributed by atoms with E-state index in [1.165, 1.54) is 7.11 Å². The highest BCUT2D eigenvalue weighted by molar-refractivity contribution is 5.96. The van der Waals surface area contributed by atoms with Crippen molar-refractivity contribution in [2.75, 3.05) is 13.7 Å². The lowest BCUT2D eigenvalue weighted by Crippen LogP contribution is -2.03. The van der Waals surface area contributed by atoms with Crippen molar-refractivity contribution in [1.82, 2.24) is 9.97 Å². The second kappa shape index (κ2) is 9.39. The van der Waals surface area contributed by atoms with Gasteiger partial charge in [0.25, 0.3) is 0 Å². The first-order valence-corrected chi connectivity index (χ1v) is 7.82. The van der Waals surface area contributed by atoms with E-state index in [4.69, 9.17) is 9.68 Å². The van der Waals surface area contributed by atoms with Crippen LogP contribution >= 0.6 is 0 Å². The Morgan fingerprint density at radius 1 is 1.00 bits per heavy atom. The average molecular weight is 326 g/mol. The van der Waals surface area contributed by atoms with Gasteiger partial charge in [-0.15, -0.1) is 0 Å². The molecule has 0 radical (unpaired) electrons. The normalized spacial score (nSPS) is 12.1. The van der Waals surface area contributed by atoms with Crippen molar-refractivity contribution >= 4 is 11.4 Å². The number of oxime groups is 2. The topological polar surface area (TPSA) is 69.0 Å². The quantitative estimate of drug-likeness (QED) is 0.424. The number of hydrogen-bond acceptors (Lipinski definition) is 6. The predicted octanol–water partition coefficient (Wildman–Crippen LogP) is 3.22. The Morgan fingerprint density at radius 2 is 1.79 bits per heavy atom. The van der Waals surface area contributed by atoms with Gasteiger partial charge in [-0.05, 0) is 51.0 Å². The lowest BCUT2D eigenvalue weighted by Gasteiger charge is -2.04. The third-order valence-corrected chi connectivity index (χ3v) is 3.31. The minimum atomic E-state index is 0.529. The van der Waals surface area contributed by atoms with Gasteiger partial charge in [-0.1, -0.05) is 22.4 Å². The maximum atomic E-state index is 5.36. The van der Waals surface area contributed by atoms with Crippen LogP contribution in [0.2, 0.25) is 0 Å². The van der Waals surface area contributed by atoms with Crippen molar-refractivity contribution < 1.29 is 9.68 Å². The molecule has 6 heteroatoms. The van der Waals surface area contributed by atoms with Gasteiger partial charge in [0.2, 0.25) is 0 Å². The Hall–Kier alpha value is -2.76. The van der Waals surface area contributed by atoms with Crippen molar-refractivity contribution in [1.29, 1.82) is 0 Å². The molecule has 0 saturated heterocycles. The maximum Gasteiger partial charge on any atom is 0.117 e. The molecule has 0 atom stereocenters. The molecule has 126 valence electrons. The molecule has 0 spiro atoms. The molecule has 6 nitrogen and oxygen atoms in total. The smallest absolute Gasteiger partial charge is 0.117 e. The van der Waals surface area contributed by atoms with E-state index in [9.17, 15) is 0 Å². The third-order valence-electron chi connectivity index (χ3n) is 3.31. The van der Waals surface area contributed by atoms with Gasteiger partial charge in [0, 0.05) is 11.9 Å². The van der Waals surface area contributed by atoms with Crippen LogP contribution in [0.1, 0.15) is 37.4 Å². The number of aromatic nitrogens is 2. The van der Waals surface area contributed by atoms with E-state index < -0.39 is 0 Å². The van der Waals surface area contributed by atoms with E-state index in [1.54, 1.807) is 6.20 Å². The summed E-state index contributed by atoms with van der Waals surface area (Å²) in [4.78, 5) is 18.9. The van der Waals surface area contributed by atoms with Crippen LogP contribution < -0.4 is 0 Å². The Kier molecular flexibility index (Phi) is 6.89. The Bertz CT molecular complexity index is 699. The summed E-state index contributed by atoms with van der Waals surface area (Å²) < 4.78 is 0. The second-order valence-corrected chi connectivity index (χ2v) is 5.20. The molecule has 0 unspecified atom stereocenters. The first-order valence-electron chi connectivity index (χ1n) is 7.82. The largest absolute Gasteiger partial charge is 0.399 e. The molecule has 0 saturated carbocycles. The molecule has 0 bridgehead atoms. The predicted molar refractivity (Wildman–Crippen MR) is 94.2 cm³/mol. The van der Waals surface area contributed by atoms with E-state index in [0.29, 0.717) is 6.61 Å². The average Bonchev–Trinajstić information content (AvgIpc) is 2.62. The number of nitrogens with zero attached hydrogens (tertiary/aromatic N) is 4. The number of aryl methyl sites for hydroxylation is 1. The number of pyridine rings is 2. The van der Waals surface area contributed by atoms with Gasteiger partial charge in [0.1, 0.15) is 25.1 Å². The molecule has 0 N–H and O–H groups in total. The molecule has 0 aromatic carbocycles. The molecule has 2 rings (SSSR count). The Balaban J connectivity index is 1.80. The van der Waals surface area contributed by atoms with Gasteiger partial charge in [-0.25, -0.2) is 0 Å². The monoisotopic (exact) mass is 326 g/mol. The van der Waals surface area contributed by atoms with Crippen LogP contribution in [0.15, 0.2) is 52.9 Å². The van der Waals surface area contributed by atoms with Gasteiger partial charge in [0.05, 0.1) is 11.4 Å². The van der Waals surface area contributed by atoms with E-state index in [0.717, 1.165) is 41.3 Å². The van der Waals surface area contributed by atoms with Crippen LogP contribution in [0.5, 0.6) is 0 Å². The molecule has 24 heavy (non-hydrogen) atoms. The summed E-state index contributed by atoms with van der Waals surface area (Å²) in [7, 11) is 1.53. The molecule has 2 heterocycles. The van der Waals surface area contributed by atoms with Crippen molar-refractivity contribution in [2.24, 2.45) is 10.3 Å². The van der Waals surface area contributed by atoms with Crippen LogP contribution in [-0.2, 0) is 16.1 Å². The first-order chi connectivity index (χ1) is 11.7. The lowest BCUT2D eigenvalue weighted by atomic mass is 10.2. The molecular formula is C18H22N4O2. The molecule has 0 amide bonds. The SMILES string of the molecule is CON=C(C)c1cccc(CCCON=C(C)c2ccccn2)n1. The van der Waals surface area contributed by atoms with Crippen molar-refractivity contribution in [3.05, 3.63) is 59.7 Å².